The zero-order chi connectivity index (χ0) is 11.0. The second-order valence-corrected chi connectivity index (χ2v) is 4.95. The standard InChI is InChI=1S/C12H19N3O/c1-14-7-11(6-13-14)10-2-4-15(8-10)12-3-5-16-9-12/h6-7,10,12H,2-5,8-9H2,1H3. The molecule has 1 aromatic rings. The Bertz CT molecular complexity index is 357. The number of aryl methyl sites for hydroxylation is 1. The molecule has 0 amide bonds. The highest BCUT2D eigenvalue weighted by molar-refractivity contribution is 5.14. The lowest BCUT2D eigenvalue weighted by molar-refractivity contribution is 0.158. The minimum atomic E-state index is 0.668. The summed E-state index contributed by atoms with van der Waals surface area (Å²) in [7, 11) is 1.99. The van der Waals surface area contributed by atoms with E-state index < -0.39 is 0 Å². The SMILES string of the molecule is Cn1cc(C2CCN(C3CCOC3)C2)cn1. The van der Waals surface area contributed by atoms with Gasteiger partial charge in [-0.1, -0.05) is 0 Å². The first kappa shape index (κ1) is 10.3. The monoisotopic (exact) mass is 221 g/mol. The molecule has 2 fully saturated rings. The van der Waals surface area contributed by atoms with Crippen molar-refractivity contribution in [1.29, 1.82) is 0 Å². The molecule has 2 saturated heterocycles. The molecule has 3 heterocycles. The summed E-state index contributed by atoms with van der Waals surface area (Å²) in [6, 6.07) is 0.668. The number of aromatic nitrogens is 2. The molecule has 1 aromatic heterocycles. The van der Waals surface area contributed by atoms with Crippen LogP contribution in [0.2, 0.25) is 0 Å². The third-order valence-corrected chi connectivity index (χ3v) is 3.84. The van der Waals surface area contributed by atoms with E-state index in [2.05, 4.69) is 16.2 Å². The summed E-state index contributed by atoms with van der Waals surface area (Å²) in [5, 5.41) is 4.26. The van der Waals surface area contributed by atoms with Crippen molar-refractivity contribution < 1.29 is 4.74 Å². The fraction of sp³-hybridized carbons (Fsp3) is 0.750. The molecule has 2 aliphatic rings. The van der Waals surface area contributed by atoms with E-state index in [4.69, 9.17) is 4.74 Å². The Morgan fingerprint density at radius 3 is 3.06 bits per heavy atom. The summed E-state index contributed by atoms with van der Waals surface area (Å²) in [5.74, 6) is 0.675. The lowest BCUT2D eigenvalue weighted by atomic mass is 10.0. The van der Waals surface area contributed by atoms with Crippen molar-refractivity contribution in [2.75, 3.05) is 26.3 Å². The van der Waals surface area contributed by atoms with Gasteiger partial charge in [0.05, 0.1) is 12.8 Å². The molecule has 0 aliphatic carbocycles. The Morgan fingerprint density at radius 2 is 2.38 bits per heavy atom. The average molecular weight is 221 g/mol. The highest BCUT2D eigenvalue weighted by atomic mass is 16.5. The summed E-state index contributed by atoms with van der Waals surface area (Å²) in [4.78, 5) is 2.59. The van der Waals surface area contributed by atoms with Crippen LogP contribution in [0.5, 0.6) is 0 Å². The molecule has 0 aromatic carbocycles. The zero-order valence-corrected chi connectivity index (χ0v) is 9.80. The van der Waals surface area contributed by atoms with Crippen molar-refractivity contribution in [3.63, 3.8) is 0 Å². The molecule has 16 heavy (non-hydrogen) atoms. The van der Waals surface area contributed by atoms with Gasteiger partial charge >= 0.3 is 0 Å². The lowest BCUT2D eigenvalue weighted by Gasteiger charge is -2.21. The van der Waals surface area contributed by atoms with Crippen LogP contribution in [0.25, 0.3) is 0 Å². The maximum atomic E-state index is 5.46. The van der Waals surface area contributed by atoms with E-state index in [-0.39, 0.29) is 0 Å². The Morgan fingerprint density at radius 1 is 1.44 bits per heavy atom. The first-order valence-corrected chi connectivity index (χ1v) is 6.13. The van der Waals surface area contributed by atoms with E-state index in [0.717, 1.165) is 13.2 Å². The molecule has 88 valence electrons. The zero-order valence-electron chi connectivity index (χ0n) is 9.80. The minimum Gasteiger partial charge on any atom is -0.380 e. The second kappa shape index (κ2) is 4.18. The number of rotatable bonds is 2. The molecule has 2 atom stereocenters. The molecule has 3 rings (SSSR count). The van der Waals surface area contributed by atoms with E-state index in [9.17, 15) is 0 Å². The van der Waals surface area contributed by atoms with Gasteiger partial charge in [-0.25, -0.2) is 0 Å². The third-order valence-electron chi connectivity index (χ3n) is 3.84. The van der Waals surface area contributed by atoms with Gasteiger partial charge in [-0.15, -0.1) is 0 Å². The van der Waals surface area contributed by atoms with Gasteiger partial charge in [0.25, 0.3) is 0 Å². The second-order valence-electron chi connectivity index (χ2n) is 4.95. The Hall–Kier alpha value is -0.870. The van der Waals surface area contributed by atoms with Crippen LogP contribution >= 0.6 is 0 Å². The summed E-state index contributed by atoms with van der Waals surface area (Å²) in [5.41, 5.74) is 1.39. The number of ether oxygens (including phenoxy) is 1. The van der Waals surface area contributed by atoms with Gasteiger partial charge < -0.3 is 4.74 Å². The normalized spacial score (nSPS) is 31.3. The highest BCUT2D eigenvalue weighted by Crippen LogP contribution is 2.29. The molecule has 0 radical (unpaired) electrons. The van der Waals surface area contributed by atoms with Crippen molar-refractivity contribution in [2.45, 2.75) is 24.8 Å². The van der Waals surface area contributed by atoms with E-state index in [0.29, 0.717) is 12.0 Å². The maximum absolute atomic E-state index is 5.46. The maximum Gasteiger partial charge on any atom is 0.0622 e. The summed E-state index contributed by atoms with van der Waals surface area (Å²) in [6.45, 7) is 4.27. The summed E-state index contributed by atoms with van der Waals surface area (Å²) >= 11 is 0. The van der Waals surface area contributed by atoms with Gasteiger partial charge in [-0.2, -0.15) is 5.10 Å². The summed E-state index contributed by atoms with van der Waals surface area (Å²) in [6.07, 6.45) is 6.64. The first-order chi connectivity index (χ1) is 7.83. The van der Waals surface area contributed by atoms with Crippen LogP contribution in [0.4, 0.5) is 0 Å². The van der Waals surface area contributed by atoms with E-state index in [1.54, 1.807) is 0 Å². The molecule has 0 N–H and O–H groups in total. The van der Waals surface area contributed by atoms with Crippen LogP contribution in [0.3, 0.4) is 0 Å². The smallest absolute Gasteiger partial charge is 0.0622 e. The third kappa shape index (κ3) is 1.87. The number of nitrogens with zero attached hydrogens (tertiary/aromatic N) is 3. The molecule has 0 spiro atoms. The number of hydrogen-bond donors (Lipinski definition) is 0. The van der Waals surface area contributed by atoms with Gasteiger partial charge in [0.2, 0.25) is 0 Å². The topological polar surface area (TPSA) is 30.3 Å². The van der Waals surface area contributed by atoms with Gasteiger partial charge in [0.1, 0.15) is 0 Å². The van der Waals surface area contributed by atoms with Crippen LogP contribution in [-0.2, 0) is 11.8 Å². The molecule has 0 saturated carbocycles. The van der Waals surface area contributed by atoms with Gasteiger partial charge in [0, 0.05) is 38.4 Å². The highest BCUT2D eigenvalue weighted by Gasteiger charge is 2.31. The van der Waals surface area contributed by atoms with Crippen molar-refractivity contribution in [3.8, 4) is 0 Å². The van der Waals surface area contributed by atoms with Crippen molar-refractivity contribution in [1.82, 2.24) is 14.7 Å². The van der Waals surface area contributed by atoms with E-state index >= 15 is 0 Å². The molecule has 0 bridgehead atoms. The molecule has 4 heteroatoms. The fourth-order valence-corrected chi connectivity index (χ4v) is 2.85. The molecular weight excluding hydrogens is 202 g/mol. The molecular formula is C12H19N3O. The van der Waals surface area contributed by atoms with E-state index in [1.807, 2.05) is 17.9 Å². The van der Waals surface area contributed by atoms with Gasteiger partial charge in [0.15, 0.2) is 0 Å². The van der Waals surface area contributed by atoms with Crippen LogP contribution in [0, 0.1) is 0 Å². The van der Waals surface area contributed by atoms with Gasteiger partial charge in [-0.3, -0.25) is 9.58 Å². The lowest BCUT2D eigenvalue weighted by Crippen LogP contribution is -2.33. The van der Waals surface area contributed by atoms with Crippen LogP contribution < -0.4 is 0 Å². The van der Waals surface area contributed by atoms with Gasteiger partial charge in [-0.05, 0) is 24.9 Å². The van der Waals surface area contributed by atoms with Crippen LogP contribution in [-0.4, -0.2) is 47.0 Å². The van der Waals surface area contributed by atoms with Crippen LogP contribution in [0.15, 0.2) is 12.4 Å². The Labute approximate surface area is 96.2 Å². The predicted octanol–water partition coefficient (Wildman–Crippen LogP) is 0.998. The molecule has 4 nitrogen and oxygen atoms in total. The number of likely N-dealkylation sites (tertiary alicyclic amines) is 1. The predicted molar refractivity (Wildman–Crippen MR) is 61.4 cm³/mol. The van der Waals surface area contributed by atoms with Crippen molar-refractivity contribution >= 4 is 0 Å². The Kier molecular flexibility index (Phi) is 2.69. The number of hydrogen-bond acceptors (Lipinski definition) is 3. The Balaban J connectivity index is 1.64. The first-order valence-electron chi connectivity index (χ1n) is 6.13. The quantitative estimate of drug-likeness (QED) is 0.746. The average Bonchev–Trinajstić information content (AvgIpc) is 2.97. The fourth-order valence-electron chi connectivity index (χ4n) is 2.85. The molecule has 2 aliphatic heterocycles. The minimum absolute atomic E-state index is 0.668. The van der Waals surface area contributed by atoms with Crippen LogP contribution in [0.1, 0.15) is 24.3 Å². The summed E-state index contributed by atoms with van der Waals surface area (Å²) < 4.78 is 7.36. The largest absolute Gasteiger partial charge is 0.380 e. The van der Waals surface area contributed by atoms with Crippen molar-refractivity contribution in [2.24, 2.45) is 7.05 Å². The molecule has 2 unspecified atom stereocenters. The van der Waals surface area contributed by atoms with E-state index in [1.165, 1.54) is 31.5 Å². The van der Waals surface area contributed by atoms with Crippen molar-refractivity contribution in [3.05, 3.63) is 18.0 Å².